The average Bonchev–Trinajstić information content (AvgIpc) is 2.90. The molecule has 4 nitrogen and oxygen atoms in total. The van der Waals surface area contributed by atoms with Crippen LogP contribution in [0.15, 0.2) is 109 Å². The first kappa shape index (κ1) is 23.6. The Labute approximate surface area is 202 Å². The molecule has 4 rings (SSSR count). The van der Waals surface area contributed by atoms with Crippen molar-refractivity contribution in [1.82, 2.24) is 10.6 Å². The zero-order valence-electron chi connectivity index (χ0n) is 19.5. The standard InChI is InChI=1S/C30H32N2O2/c1-3-7-25(8-4-1)23-31-19-21-33-29-15-11-27(12-16-29)28-13-17-30(18-14-28)34-22-20-32-24-26-9-5-2-6-10-26/h1-18,31-32H,19-24H2. The molecule has 4 heteroatoms. The lowest BCUT2D eigenvalue weighted by Gasteiger charge is -2.10. The predicted octanol–water partition coefficient (Wildman–Crippen LogP) is 5.69. The van der Waals surface area contributed by atoms with E-state index in [4.69, 9.17) is 9.47 Å². The molecule has 4 aromatic rings. The van der Waals surface area contributed by atoms with Crippen LogP contribution in [0, 0.1) is 0 Å². The Morgan fingerprint density at radius 1 is 0.441 bits per heavy atom. The highest BCUT2D eigenvalue weighted by molar-refractivity contribution is 5.64. The number of benzene rings is 4. The molecule has 4 aromatic carbocycles. The number of hydrogen-bond acceptors (Lipinski definition) is 4. The third kappa shape index (κ3) is 7.77. The van der Waals surface area contributed by atoms with Gasteiger partial charge in [0.2, 0.25) is 0 Å². The quantitative estimate of drug-likeness (QED) is 0.256. The highest BCUT2D eigenvalue weighted by atomic mass is 16.5. The predicted molar refractivity (Wildman–Crippen MR) is 139 cm³/mol. The Kier molecular flexibility index (Phi) is 9.14. The van der Waals surface area contributed by atoms with Crippen LogP contribution in [0.3, 0.4) is 0 Å². The van der Waals surface area contributed by atoms with Gasteiger partial charge in [0.25, 0.3) is 0 Å². The molecule has 0 bridgehead atoms. The minimum atomic E-state index is 0.637. The first-order valence-corrected chi connectivity index (χ1v) is 11.8. The summed E-state index contributed by atoms with van der Waals surface area (Å²) in [7, 11) is 0. The zero-order valence-corrected chi connectivity index (χ0v) is 19.5. The fourth-order valence-electron chi connectivity index (χ4n) is 3.63. The summed E-state index contributed by atoms with van der Waals surface area (Å²) in [5.41, 5.74) is 4.88. The normalized spacial score (nSPS) is 10.7. The number of rotatable bonds is 13. The van der Waals surface area contributed by atoms with Gasteiger partial charge in [-0.05, 0) is 46.5 Å². The zero-order chi connectivity index (χ0) is 23.3. The second-order valence-electron chi connectivity index (χ2n) is 8.07. The summed E-state index contributed by atoms with van der Waals surface area (Å²) in [6.45, 7) is 4.59. The van der Waals surface area contributed by atoms with Crippen molar-refractivity contribution in [3.8, 4) is 22.6 Å². The summed E-state index contributed by atoms with van der Waals surface area (Å²) in [6, 6.07) is 37.2. The molecule has 2 N–H and O–H groups in total. The fourth-order valence-corrected chi connectivity index (χ4v) is 3.63. The molecule has 34 heavy (non-hydrogen) atoms. The molecule has 0 aromatic heterocycles. The van der Waals surface area contributed by atoms with Gasteiger partial charge in [0.15, 0.2) is 0 Å². The van der Waals surface area contributed by atoms with Gasteiger partial charge in [-0.1, -0.05) is 84.9 Å². The van der Waals surface area contributed by atoms with Crippen molar-refractivity contribution in [3.05, 3.63) is 120 Å². The third-order valence-corrected chi connectivity index (χ3v) is 5.48. The van der Waals surface area contributed by atoms with Crippen LogP contribution < -0.4 is 20.1 Å². The maximum atomic E-state index is 5.86. The smallest absolute Gasteiger partial charge is 0.119 e. The summed E-state index contributed by atoms with van der Waals surface area (Å²) < 4.78 is 11.7. The molecule has 0 heterocycles. The Bertz CT molecular complexity index is 991. The average molecular weight is 453 g/mol. The molecular formula is C30H32N2O2. The van der Waals surface area contributed by atoms with Gasteiger partial charge in [-0.15, -0.1) is 0 Å². The van der Waals surface area contributed by atoms with Crippen LogP contribution in [-0.4, -0.2) is 26.3 Å². The lowest BCUT2D eigenvalue weighted by Crippen LogP contribution is -2.20. The van der Waals surface area contributed by atoms with Crippen molar-refractivity contribution in [1.29, 1.82) is 0 Å². The fraction of sp³-hybridized carbons (Fsp3) is 0.200. The van der Waals surface area contributed by atoms with Gasteiger partial charge < -0.3 is 20.1 Å². The van der Waals surface area contributed by atoms with Gasteiger partial charge in [-0.2, -0.15) is 0 Å². The lowest BCUT2D eigenvalue weighted by molar-refractivity contribution is 0.313. The molecule has 0 aliphatic carbocycles. The number of ether oxygens (including phenoxy) is 2. The van der Waals surface area contributed by atoms with E-state index in [1.807, 2.05) is 36.4 Å². The van der Waals surface area contributed by atoms with E-state index < -0.39 is 0 Å². The summed E-state index contributed by atoms with van der Waals surface area (Å²) >= 11 is 0. The van der Waals surface area contributed by atoms with E-state index in [1.54, 1.807) is 0 Å². The van der Waals surface area contributed by atoms with Crippen molar-refractivity contribution in [3.63, 3.8) is 0 Å². The minimum Gasteiger partial charge on any atom is -0.492 e. The molecule has 0 saturated heterocycles. The van der Waals surface area contributed by atoms with Crippen molar-refractivity contribution < 1.29 is 9.47 Å². The van der Waals surface area contributed by atoms with Crippen molar-refractivity contribution in [2.75, 3.05) is 26.3 Å². The van der Waals surface area contributed by atoms with Crippen LogP contribution in [0.5, 0.6) is 11.5 Å². The van der Waals surface area contributed by atoms with Crippen molar-refractivity contribution >= 4 is 0 Å². The van der Waals surface area contributed by atoms with Crippen molar-refractivity contribution in [2.45, 2.75) is 13.1 Å². The Morgan fingerprint density at radius 3 is 1.21 bits per heavy atom. The van der Waals surface area contributed by atoms with Crippen LogP contribution >= 0.6 is 0 Å². The van der Waals surface area contributed by atoms with Gasteiger partial charge in [0, 0.05) is 26.2 Å². The monoisotopic (exact) mass is 452 g/mol. The molecule has 0 saturated carbocycles. The minimum absolute atomic E-state index is 0.637. The van der Waals surface area contributed by atoms with Gasteiger partial charge in [0.1, 0.15) is 24.7 Å². The summed E-state index contributed by atoms with van der Waals surface area (Å²) in [4.78, 5) is 0. The Morgan fingerprint density at radius 2 is 0.824 bits per heavy atom. The third-order valence-electron chi connectivity index (χ3n) is 5.48. The van der Waals surface area contributed by atoms with E-state index in [1.165, 1.54) is 11.1 Å². The SMILES string of the molecule is c1ccc(CNCCOc2ccc(-c3ccc(OCCNCc4ccccc4)cc3)cc2)cc1. The van der Waals surface area contributed by atoms with Gasteiger partial charge >= 0.3 is 0 Å². The van der Waals surface area contributed by atoms with E-state index in [0.717, 1.165) is 48.8 Å². The van der Waals surface area contributed by atoms with Gasteiger partial charge in [0.05, 0.1) is 0 Å². The second kappa shape index (κ2) is 13.2. The van der Waals surface area contributed by atoms with Crippen LogP contribution in [0.25, 0.3) is 11.1 Å². The second-order valence-corrected chi connectivity index (χ2v) is 8.07. The van der Waals surface area contributed by atoms with Crippen LogP contribution in [-0.2, 0) is 13.1 Å². The van der Waals surface area contributed by atoms with E-state index >= 15 is 0 Å². The molecule has 0 fully saturated rings. The maximum Gasteiger partial charge on any atom is 0.119 e. The van der Waals surface area contributed by atoms with E-state index in [-0.39, 0.29) is 0 Å². The molecule has 0 amide bonds. The first-order chi connectivity index (χ1) is 16.9. The first-order valence-electron chi connectivity index (χ1n) is 11.8. The molecule has 0 radical (unpaired) electrons. The molecule has 0 atom stereocenters. The van der Waals surface area contributed by atoms with Gasteiger partial charge in [-0.25, -0.2) is 0 Å². The maximum absolute atomic E-state index is 5.86. The van der Waals surface area contributed by atoms with E-state index in [0.29, 0.717) is 13.2 Å². The number of nitrogens with one attached hydrogen (secondary N) is 2. The van der Waals surface area contributed by atoms with Crippen LogP contribution in [0.1, 0.15) is 11.1 Å². The summed E-state index contributed by atoms with van der Waals surface area (Å²) in [5.74, 6) is 1.77. The molecule has 0 unspecified atom stereocenters. The van der Waals surface area contributed by atoms with Crippen LogP contribution in [0.4, 0.5) is 0 Å². The molecular weight excluding hydrogens is 420 g/mol. The highest BCUT2D eigenvalue weighted by Crippen LogP contribution is 2.24. The van der Waals surface area contributed by atoms with Crippen molar-refractivity contribution in [2.24, 2.45) is 0 Å². The lowest BCUT2D eigenvalue weighted by atomic mass is 10.1. The summed E-state index contributed by atoms with van der Waals surface area (Å²) in [6.07, 6.45) is 0. The van der Waals surface area contributed by atoms with E-state index in [9.17, 15) is 0 Å². The molecule has 0 aliphatic heterocycles. The molecule has 0 spiro atoms. The topological polar surface area (TPSA) is 42.5 Å². The molecule has 174 valence electrons. The highest BCUT2D eigenvalue weighted by Gasteiger charge is 2.01. The Hall–Kier alpha value is -3.60. The van der Waals surface area contributed by atoms with Crippen LogP contribution in [0.2, 0.25) is 0 Å². The van der Waals surface area contributed by atoms with Gasteiger partial charge in [-0.3, -0.25) is 0 Å². The van der Waals surface area contributed by atoms with E-state index in [2.05, 4.69) is 83.4 Å². The number of hydrogen-bond donors (Lipinski definition) is 2. The largest absolute Gasteiger partial charge is 0.492 e. The molecule has 0 aliphatic rings. The summed E-state index contributed by atoms with van der Waals surface area (Å²) in [5, 5.41) is 6.81. The Balaban J connectivity index is 1.14.